The topological polar surface area (TPSA) is 197 Å². The Morgan fingerprint density at radius 2 is 1.54 bits per heavy atom. The smallest absolute Gasteiger partial charge is 0.422 e. The lowest BCUT2D eigenvalue weighted by Crippen LogP contribution is -2.45. The van der Waals surface area contributed by atoms with Crippen LogP contribution in [0, 0.1) is 0 Å². The Morgan fingerprint density at radius 1 is 0.889 bits per heavy atom. The van der Waals surface area contributed by atoms with Gasteiger partial charge in [0, 0.05) is 29.4 Å². The number of aliphatic carboxylic acids is 1. The number of amides is 3. The number of anilines is 3. The zero-order chi connectivity index (χ0) is 38.9. The molecule has 5 rings (SSSR count). The first-order valence-electron chi connectivity index (χ1n) is 16.7. The minimum absolute atomic E-state index is 0.0395. The normalized spacial score (nSPS) is 14.2. The second-order valence-electron chi connectivity index (χ2n) is 12.5. The van der Waals surface area contributed by atoms with Gasteiger partial charge in [-0.1, -0.05) is 61.0 Å². The molecule has 0 spiro atoms. The Bertz CT molecular complexity index is 1950. The number of aromatic nitrogens is 3. The number of nitrogens with one attached hydrogen (secondary N) is 5. The second kappa shape index (κ2) is 17.2. The fourth-order valence-corrected chi connectivity index (χ4v) is 5.37. The van der Waals surface area contributed by atoms with Crippen molar-refractivity contribution in [1.82, 2.24) is 30.9 Å². The third-order valence-electron chi connectivity index (χ3n) is 8.35. The Labute approximate surface area is 312 Å². The molecule has 1 fully saturated rings. The van der Waals surface area contributed by atoms with Crippen molar-refractivity contribution in [1.29, 1.82) is 0 Å². The summed E-state index contributed by atoms with van der Waals surface area (Å²) in [4.78, 5) is 61.6. The van der Waals surface area contributed by atoms with Gasteiger partial charge in [0.05, 0.1) is 5.54 Å². The van der Waals surface area contributed by atoms with Crippen molar-refractivity contribution >= 4 is 52.9 Å². The number of alkyl halides is 3. The fraction of sp³-hybridized carbons (Fsp3) is 0.306. The van der Waals surface area contributed by atoms with Crippen molar-refractivity contribution in [3.8, 4) is 6.01 Å². The van der Waals surface area contributed by atoms with Gasteiger partial charge in [-0.3, -0.25) is 14.4 Å². The monoisotopic (exact) mass is 768 g/mol. The summed E-state index contributed by atoms with van der Waals surface area (Å²) < 4.78 is 43.6. The first-order chi connectivity index (χ1) is 25.7. The lowest BCUT2D eigenvalue weighted by Gasteiger charge is -2.19. The van der Waals surface area contributed by atoms with Gasteiger partial charge >= 0.3 is 30.0 Å². The van der Waals surface area contributed by atoms with Crippen LogP contribution in [0.25, 0.3) is 0 Å². The summed E-state index contributed by atoms with van der Waals surface area (Å²) in [6.45, 7) is 0.273. The van der Waals surface area contributed by atoms with Gasteiger partial charge in [-0.15, -0.1) is 0 Å². The molecule has 4 aromatic rings. The average molecular weight is 769 g/mol. The van der Waals surface area contributed by atoms with Gasteiger partial charge in [-0.2, -0.15) is 28.1 Å². The molecule has 3 amide bonds. The number of rotatable bonds is 16. The number of halogens is 4. The number of benzene rings is 3. The minimum atomic E-state index is -4.64. The summed E-state index contributed by atoms with van der Waals surface area (Å²) in [5.74, 6) is -4.14. The van der Waals surface area contributed by atoms with Gasteiger partial charge in [-0.05, 0) is 72.7 Å². The van der Waals surface area contributed by atoms with Gasteiger partial charge in [0.15, 0.2) is 6.61 Å². The van der Waals surface area contributed by atoms with E-state index < -0.39 is 54.1 Å². The standard InChI is InChI=1S/C36H36ClF3N8O6/c1-21(22-5-3-2-4-6-22)19-42-30(51)29(50)41-18-15-27(31(52)53)44-28(49)23-7-13-26(14-8-23)43-32-45-33(47-34(46-32)54-20-36(38,39)40)48-35(16-17-35)24-9-11-25(37)12-10-24/h2-14,21,27H,15-20H2,1H3,(H,41,50)(H,42,51)(H,44,49)(H,52,53)(H2,43,45,46,47,48)/t21?,27-/m0/s1. The van der Waals surface area contributed by atoms with Crippen LogP contribution < -0.4 is 31.3 Å². The van der Waals surface area contributed by atoms with Crippen LogP contribution in [0.15, 0.2) is 78.9 Å². The highest BCUT2D eigenvalue weighted by atomic mass is 35.5. The van der Waals surface area contributed by atoms with E-state index in [4.69, 9.17) is 16.3 Å². The lowest BCUT2D eigenvalue weighted by molar-refractivity contribution is -0.154. The lowest BCUT2D eigenvalue weighted by atomic mass is 10.0. The van der Waals surface area contributed by atoms with Gasteiger partial charge in [0.1, 0.15) is 6.04 Å². The van der Waals surface area contributed by atoms with Crippen molar-refractivity contribution in [2.24, 2.45) is 0 Å². The highest BCUT2D eigenvalue weighted by molar-refractivity contribution is 6.35. The fourth-order valence-electron chi connectivity index (χ4n) is 5.24. The summed E-state index contributed by atoms with van der Waals surface area (Å²) in [6.07, 6.45) is -3.45. The van der Waals surface area contributed by atoms with Crippen LogP contribution in [0.2, 0.25) is 5.02 Å². The molecule has 3 aromatic carbocycles. The Morgan fingerprint density at radius 3 is 2.17 bits per heavy atom. The number of carboxylic acids is 1. The first kappa shape index (κ1) is 39.2. The van der Waals surface area contributed by atoms with E-state index in [0.29, 0.717) is 23.6 Å². The number of hydrogen-bond acceptors (Lipinski definition) is 10. The van der Waals surface area contributed by atoms with E-state index in [1.54, 1.807) is 12.1 Å². The molecular formula is C36H36ClF3N8O6. The van der Waals surface area contributed by atoms with Crippen LogP contribution in [-0.2, 0) is 19.9 Å². The van der Waals surface area contributed by atoms with Crippen molar-refractivity contribution < 1.29 is 42.2 Å². The van der Waals surface area contributed by atoms with Crippen LogP contribution in [-0.4, -0.2) is 75.7 Å². The van der Waals surface area contributed by atoms with E-state index in [2.05, 4.69) is 41.5 Å². The molecule has 14 nitrogen and oxygen atoms in total. The maximum atomic E-state index is 12.9. The maximum Gasteiger partial charge on any atom is 0.422 e. The summed E-state index contributed by atoms with van der Waals surface area (Å²) in [6, 6.07) is 20.2. The molecular weight excluding hydrogens is 733 g/mol. The van der Waals surface area contributed by atoms with Gasteiger partial charge in [0.2, 0.25) is 11.9 Å². The molecule has 6 N–H and O–H groups in total. The van der Waals surface area contributed by atoms with Crippen LogP contribution in [0.4, 0.5) is 30.8 Å². The Kier molecular flexibility index (Phi) is 12.5. The van der Waals surface area contributed by atoms with Crippen LogP contribution >= 0.6 is 11.6 Å². The van der Waals surface area contributed by atoms with E-state index in [9.17, 15) is 37.5 Å². The molecule has 2 atom stereocenters. The zero-order valence-electron chi connectivity index (χ0n) is 28.7. The molecule has 0 radical (unpaired) electrons. The number of carbonyl (C=O) groups excluding carboxylic acids is 3. The van der Waals surface area contributed by atoms with Crippen LogP contribution in [0.3, 0.4) is 0 Å². The molecule has 1 heterocycles. The molecule has 54 heavy (non-hydrogen) atoms. The van der Waals surface area contributed by atoms with E-state index in [-0.39, 0.29) is 42.9 Å². The molecule has 0 saturated heterocycles. The number of carbonyl (C=O) groups is 4. The van der Waals surface area contributed by atoms with E-state index in [1.807, 2.05) is 49.4 Å². The molecule has 0 aliphatic heterocycles. The van der Waals surface area contributed by atoms with E-state index in [0.717, 1.165) is 11.1 Å². The van der Waals surface area contributed by atoms with E-state index >= 15 is 0 Å². The zero-order valence-corrected chi connectivity index (χ0v) is 29.5. The molecule has 18 heteroatoms. The summed E-state index contributed by atoms with van der Waals surface area (Å²) in [5, 5.41) is 23.5. The van der Waals surface area contributed by atoms with Gasteiger partial charge < -0.3 is 36.4 Å². The maximum absolute atomic E-state index is 12.9. The molecule has 1 saturated carbocycles. The number of carboxylic acid groups (broad SMARTS) is 1. The second-order valence-corrected chi connectivity index (χ2v) is 13.0. The molecule has 1 aliphatic carbocycles. The first-order valence-corrected chi connectivity index (χ1v) is 17.1. The van der Waals surface area contributed by atoms with Crippen molar-refractivity contribution in [2.75, 3.05) is 30.3 Å². The van der Waals surface area contributed by atoms with Crippen LogP contribution in [0.5, 0.6) is 6.01 Å². The highest BCUT2D eigenvalue weighted by Gasteiger charge is 2.45. The molecule has 284 valence electrons. The molecule has 0 bridgehead atoms. The summed E-state index contributed by atoms with van der Waals surface area (Å²) >= 11 is 6.02. The SMILES string of the molecule is CC(CNC(=O)C(=O)NCC[C@H](NC(=O)c1ccc(Nc2nc(NC3(c4ccc(Cl)cc4)CC3)nc(OCC(F)(F)F)n2)cc1)C(=O)O)c1ccccc1. The molecule has 1 aromatic heterocycles. The van der Waals surface area contributed by atoms with Gasteiger partial charge in [-0.25, -0.2) is 4.79 Å². The van der Waals surface area contributed by atoms with Crippen molar-refractivity contribution in [2.45, 2.75) is 49.9 Å². The minimum Gasteiger partial charge on any atom is -0.480 e. The quantitative estimate of drug-likeness (QED) is 0.0847. The van der Waals surface area contributed by atoms with Crippen LogP contribution in [0.1, 0.15) is 53.6 Å². The summed E-state index contributed by atoms with van der Waals surface area (Å²) in [7, 11) is 0. The number of hydrogen-bond donors (Lipinski definition) is 6. The largest absolute Gasteiger partial charge is 0.480 e. The van der Waals surface area contributed by atoms with E-state index in [1.165, 1.54) is 24.3 Å². The number of ether oxygens (including phenoxy) is 1. The Hall–Kier alpha value is -5.97. The Balaban J connectivity index is 1.16. The number of nitrogens with zero attached hydrogens (tertiary/aromatic N) is 3. The van der Waals surface area contributed by atoms with Crippen molar-refractivity contribution in [3.05, 3.63) is 101 Å². The third kappa shape index (κ3) is 11.3. The summed E-state index contributed by atoms with van der Waals surface area (Å²) in [5.41, 5.74) is 1.72. The predicted molar refractivity (Wildman–Crippen MR) is 191 cm³/mol. The van der Waals surface area contributed by atoms with Crippen molar-refractivity contribution in [3.63, 3.8) is 0 Å². The average Bonchev–Trinajstić information content (AvgIpc) is 3.93. The molecule has 1 aliphatic rings. The third-order valence-corrected chi connectivity index (χ3v) is 8.60. The van der Waals surface area contributed by atoms with Gasteiger partial charge in [0.25, 0.3) is 5.91 Å². The highest BCUT2D eigenvalue weighted by Crippen LogP contribution is 2.48. The predicted octanol–water partition coefficient (Wildman–Crippen LogP) is 4.92. The molecule has 1 unspecified atom stereocenters.